The van der Waals surface area contributed by atoms with Crippen LogP contribution in [0.15, 0.2) is 71.6 Å². The lowest BCUT2D eigenvalue weighted by Gasteiger charge is -2.32. The number of oxazole rings is 1. The molecule has 3 aromatic heterocycles. The number of ether oxygens (including phenoxy) is 2. The lowest BCUT2D eigenvalue weighted by Crippen LogP contribution is -2.38. The van der Waals surface area contributed by atoms with Crippen LogP contribution in [-0.4, -0.2) is 54.7 Å². The molecular formula is C30H27Cl2N5O5. The first kappa shape index (κ1) is 28.0. The standard InChI is InChI=1S/C30H27Cl2N5O5/c31-20-2-4-27(24(32)14-20)41-18-21-15-23(5-8-33-21)42-22-6-10-36(11-7-22)16-28-35-25-3-1-19(30(38)39)13-26(25)37(28)17-29-34-9-12-40-29/h1-5,8-9,12-15,22H,6-7,10-11,16-18H2,(H,38,39). The third kappa shape index (κ3) is 6.51. The van der Waals surface area contributed by atoms with Gasteiger partial charge in [-0.15, -0.1) is 0 Å². The predicted molar refractivity (Wildman–Crippen MR) is 156 cm³/mol. The molecule has 10 nitrogen and oxygen atoms in total. The average Bonchev–Trinajstić information content (AvgIpc) is 3.62. The number of piperidine rings is 1. The number of rotatable bonds is 10. The van der Waals surface area contributed by atoms with Gasteiger partial charge in [0.2, 0.25) is 5.89 Å². The lowest BCUT2D eigenvalue weighted by atomic mass is 10.1. The number of hydrogen-bond donors (Lipinski definition) is 1. The molecular weight excluding hydrogens is 581 g/mol. The van der Waals surface area contributed by atoms with Gasteiger partial charge < -0.3 is 23.6 Å². The molecule has 0 saturated carbocycles. The molecule has 6 rings (SSSR count). The van der Waals surface area contributed by atoms with Crippen LogP contribution in [0.1, 0.15) is 40.6 Å². The number of aromatic nitrogens is 4. The minimum atomic E-state index is -0.982. The van der Waals surface area contributed by atoms with Gasteiger partial charge in [-0.1, -0.05) is 23.2 Å². The summed E-state index contributed by atoms with van der Waals surface area (Å²) in [4.78, 5) is 27.4. The van der Waals surface area contributed by atoms with Crippen molar-refractivity contribution in [2.75, 3.05) is 13.1 Å². The van der Waals surface area contributed by atoms with Crippen molar-refractivity contribution < 1.29 is 23.8 Å². The number of likely N-dealkylation sites (tertiary alicyclic amines) is 1. The van der Waals surface area contributed by atoms with E-state index in [1.165, 1.54) is 6.26 Å². The average molecular weight is 608 g/mol. The van der Waals surface area contributed by atoms with Gasteiger partial charge in [-0.25, -0.2) is 14.8 Å². The van der Waals surface area contributed by atoms with E-state index >= 15 is 0 Å². The fourth-order valence-electron chi connectivity index (χ4n) is 5.00. The van der Waals surface area contributed by atoms with Crippen LogP contribution in [0.5, 0.6) is 11.5 Å². The van der Waals surface area contributed by atoms with Crippen LogP contribution < -0.4 is 9.47 Å². The number of carboxylic acids is 1. The molecule has 1 aliphatic rings. The zero-order valence-electron chi connectivity index (χ0n) is 22.5. The van der Waals surface area contributed by atoms with Crippen LogP contribution in [0.4, 0.5) is 0 Å². The number of aromatic carboxylic acids is 1. The topological polar surface area (TPSA) is 116 Å². The van der Waals surface area contributed by atoms with Crippen LogP contribution in [0, 0.1) is 0 Å². The van der Waals surface area contributed by atoms with Crippen molar-refractivity contribution in [3.8, 4) is 11.5 Å². The molecule has 0 spiro atoms. The first-order chi connectivity index (χ1) is 20.4. The Hall–Kier alpha value is -4.12. The van der Waals surface area contributed by atoms with Crippen LogP contribution in [0.2, 0.25) is 10.0 Å². The first-order valence-corrected chi connectivity index (χ1v) is 14.2. The zero-order chi connectivity index (χ0) is 29.1. The van der Waals surface area contributed by atoms with E-state index < -0.39 is 5.97 Å². The molecule has 0 aliphatic carbocycles. The number of fused-ring (bicyclic) bond motifs is 1. The summed E-state index contributed by atoms with van der Waals surface area (Å²) in [6.45, 7) is 2.86. The summed E-state index contributed by atoms with van der Waals surface area (Å²) in [5.74, 6) is 1.65. The lowest BCUT2D eigenvalue weighted by molar-refractivity contribution is 0.0697. The van der Waals surface area contributed by atoms with E-state index in [2.05, 4.69) is 14.9 Å². The van der Waals surface area contributed by atoms with E-state index in [0.29, 0.717) is 34.8 Å². The van der Waals surface area contributed by atoms with Crippen molar-refractivity contribution in [1.82, 2.24) is 24.4 Å². The van der Waals surface area contributed by atoms with E-state index in [-0.39, 0.29) is 18.3 Å². The zero-order valence-corrected chi connectivity index (χ0v) is 24.0. The van der Waals surface area contributed by atoms with Gasteiger partial charge in [0.05, 0.1) is 40.1 Å². The smallest absolute Gasteiger partial charge is 0.335 e. The Bertz CT molecular complexity index is 1700. The van der Waals surface area contributed by atoms with Crippen LogP contribution in [-0.2, 0) is 19.7 Å². The first-order valence-electron chi connectivity index (χ1n) is 13.4. The second-order valence-corrected chi connectivity index (χ2v) is 10.8. The van der Waals surface area contributed by atoms with Crippen molar-refractivity contribution in [2.45, 2.75) is 38.6 Å². The Balaban J connectivity index is 1.08. The van der Waals surface area contributed by atoms with Crippen molar-refractivity contribution >= 4 is 40.2 Å². The van der Waals surface area contributed by atoms with Crippen LogP contribution in [0.3, 0.4) is 0 Å². The van der Waals surface area contributed by atoms with Gasteiger partial charge in [0.1, 0.15) is 42.8 Å². The third-order valence-corrected chi connectivity index (χ3v) is 7.64. The van der Waals surface area contributed by atoms with Gasteiger partial charge in [-0.05, 0) is 55.3 Å². The Morgan fingerprint density at radius 1 is 1.02 bits per heavy atom. The molecule has 4 heterocycles. The van der Waals surface area contributed by atoms with Gasteiger partial charge in [-0.3, -0.25) is 9.88 Å². The highest BCUT2D eigenvalue weighted by Crippen LogP contribution is 2.29. The largest absolute Gasteiger partial charge is 0.490 e. The number of nitrogens with zero attached hydrogens (tertiary/aromatic N) is 5. The van der Waals surface area contributed by atoms with Crippen molar-refractivity contribution in [3.05, 3.63) is 100 Å². The summed E-state index contributed by atoms with van der Waals surface area (Å²) >= 11 is 12.2. The number of hydrogen-bond acceptors (Lipinski definition) is 8. The molecule has 0 amide bonds. The highest BCUT2D eigenvalue weighted by molar-refractivity contribution is 6.35. The van der Waals surface area contributed by atoms with Gasteiger partial charge in [0.15, 0.2) is 0 Å². The second-order valence-electron chi connectivity index (χ2n) is 9.99. The molecule has 216 valence electrons. The molecule has 0 atom stereocenters. The van der Waals surface area contributed by atoms with Gasteiger partial charge in [0.25, 0.3) is 0 Å². The van der Waals surface area contributed by atoms with Crippen molar-refractivity contribution in [1.29, 1.82) is 0 Å². The SMILES string of the molecule is O=C(O)c1ccc2nc(CN3CCC(Oc4ccnc(COc5ccc(Cl)cc5Cl)c4)CC3)n(Cc3ncco3)c2c1. The minimum absolute atomic E-state index is 0.0624. The van der Waals surface area contributed by atoms with E-state index in [1.54, 1.807) is 48.8 Å². The molecule has 1 N–H and O–H groups in total. The Labute approximate surface area is 251 Å². The molecule has 42 heavy (non-hydrogen) atoms. The summed E-state index contributed by atoms with van der Waals surface area (Å²) in [6.07, 6.45) is 6.58. The van der Waals surface area contributed by atoms with Crippen LogP contribution in [0.25, 0.3) is 11.0 Å². The molecule has 1 aliphatic heterocycles. The molecule has 5 aromatic rings. The summed E-state index contributed by atoms with van der Waals surface area (Å²) in [6, 6.07) is 13.8. The Morgan fingerprint density at radius 3 is 2.64 bits per heavy atom. The maximum Gasteiger partial charge on any atom is 0.335 e. The summed E-state index contributed by atoms with van der Waals surface area (Å²) in [5, 5.41) is 10.5. The van der Waals surface area contributed by atoms with Crippen LogP contribution >= 0.6 is 23.2 Å². The third-order valence-electron chi connectivity index (χ3n) is 7.11. The number of halogens is 2. The number of carboxylic acid groups (broad SMARTS) is 1. The minimum Gasteiger partial charge on any atom is -0.490 e. The Kier molecular flexibility index (Phi) is 8.27. The Morgan fingerprint density at radius 2 is 1.88 bits per heavy atom. The van der Waals surface area contributed by atoms with Crippen molar-refractivity contribution in [2.24, 2.45) is 0 Å². The number of pyridine rings is 1. The van der Waals surface area contributed by atoms with Gasteiger partial charge >= 0.3 is 5.97 Å². The van der Waals surface area contributed by atoms with Gasteiger partial charge in [-0.2, -0.15) is 0 Å². The van der Waals surface area contributed by atoms with Gasteiger partial charge in [0, 0.05) is 30.4 Å². The van der Waals surface area contributed by atoms with E-state index in [9.17, 15) is 9.90 Å². The summed E-state index contributed by atoms with van der Waals surface area (Å²) in [5.41, 5.74) is 2.40. The maximum atomic E-state index is 11.6. The van der Waals surface area contributed by atoms with Crippen molar-refractivity contribution in [3.63, 3.8) is 0 Å². The molecule has 1 saturated heterocycles. The normalized spacial score (nSPS) is 14.3. The molecule has 2 aromatic carbocycles. The number of imidazole rings is 1. The second kappa shape index (κ2) is 12.4. The van der Waals surface area contributed by atoms with E-state index in [1.807, 2.05) is 16.7 Å². The quantitative estimate of drug-likeness (QED) is 0.201. The molecule has 0 radical (unpaired) electrons. The highest BCUT2D eigenvalue weighted by atomic mass is 35.5. The monoisotopic (exact) mass is 607 g/mol. The molecule has 12 heteroatoms. The summed E-state index contributed by atoms with van der Waals surface area (Å²) < 4.78 is 19.6. The van der Waals surface area contributed by atoms with E-state index in [4.69, 9.17) is 42.1 Å². The number of carbonyl (C=O) groups is 1. The van der Waals surface area contributed by atoms with E-state index in [0.717, 1.165) is 54.2 Å². The molecule has 0 unspecified atom stereocenters. The predicted octanol–water partition coefficient (Wildman–Crippen LogP) is 6.10. The summed E-state index contributed by atoms with van der Waals surface area (Å²) in [7, 11) is 0. The molecule has 1 fully saturated rings. The maximum absolute atomic E-state index is 11.6. The fourth-order valence-corrected chi connectivity index (χ4v) is 5.46. The fraction of sp³-hybridized carbons (Fsp3) is 0.267. The number of benzene rings is 2. The molecule has 0 bridgehead atoms. The highest BCUT2D eigenvalue weighted by Gasteiger charge is 2.24.